The van der Waals surface area contributed by atoms with Crippen LogP contribution in [0, 0.1) is 5.82 Å². The number of ether oxygens (including phenoxy) is 1. The molecule has 0 radical (unpaired) electrons. The van der Waals surface area contributed by atoms with E-state index in [0.29, 0.717) is 9.99 Å². The lowest BCUT2D eigenvalue weighted by Crippen LogP contribution is -2.19. The Balaban J connectivity index is 2.76. The molecule has 2 rings (SSSR count). The molecule has 0 fully saturated rings. The fourth-order valence-corrected chi connectivity index (χ4v) is 2.06. The first-order valence-electron chi connectivity index (χ1n) is 5.22. The van der Waals surface area contributed by atoms with Crippen LogP contribution in [0.3, 0.4) is 0 Å². The molecule has 6 heteroatoms. The number of pyridine rings is 1. The molecule has 0 unspecified atom stereocenters. The van der Waals surface area contributed by atoms with Gasteiger partial charge >= 0.3 is 5.97 Å². The van der Waals surface area contributed by atoms with Crippen LogP contribution in [0.5, 0.6) is 0 Å². The molecule has 1 N–H and O–H groups in total. The Morgan fingerprint density at radius 1 is 1.50 bits per heavy atom. The van der Waals surface area contributed by atoms with Gasteiger partial charge in [-0.15, -0.1) is 0 Å². The first-order valence-corrected chi connectivity index (χ1v) is 6.02. The highest BCUT2D eigenvalue weighted by Crippen LogP contribution is 2.22. The molecule has 0 saturated carbocycles. The highest BCUT2D eigenvalue weighted by atomic mass is 79.9. The average molecular weight is 314 g/mol. The van der Waals surface area contributed by atoms with E-state index in [1.54, 1.807) is 6.92 Å². The third-order valence-corrected chi connectivity index (χ3v) is 3.09. The van der Waals surface area contributed by atoms with E-state index in [-0.39, 0.29) is 17.6 Å². The molecule has 2 aromatic rings. The number of fused-ring (bicyclic) bond motifs is 1. The zero-order valence-electron chi connectivity index (χ0n) is 9.42. The van der Waals surface area contributed by atoms with Gasteiger partial charge in [0.25, 0.3) is 0 Å². The molecule has 0 aliphatic heterocycles. The quantitative estimate of drug-likeness (QED) is 0.867. The van der Waals surface area contributed by atoms with Crippen LogP contribution in [0.25, 0.3) is 10.9 Å². The Hall–Kier alpha value is -1.69. The van der Waals surface area contributed by atoms with Crippen LogP contribution in [0.15, 0.2) is 27.6 Å². The first kappa shape index (κ1) is 12.8. The molecule has 1 heterocycles. The second-order valence-electron chi connectivity index (χ2n) is 3.53. The molecule has 1 aromatic heterocycles. The van der Waals surface area contributed by atoms with Crippen molar-refractivity contribution >= 4 is 32.8 Å². The van der Waals surface area contributed by atoms with Gasteiger partial charge < -0.3 is 9.72 Å². The third-order valence-electron chi connectivity index (χ3n) is 2.43. The fourth-order valence-electron chi connectivity index (χ4n) is 1.62. The zero-order chi connectivity index (χ0) is 13.3. The summed E-state index contributed by atoms with van der Waals surface area (Å²) in [6.07, 6.45) is 1.23. The minimum atomic E-state index is -0.764. The monoisotopic (exact) mass is 313 g/mol. The van der Waals surface area contributed by atoms with Crippen molar-refractivity contribution < 1.29 is 13.9 Å². The second kappa shape index (κ2) is 4.89. The van der Waals surface area contributed by atoms with Gasteiger partial charge in [-0.25, -0.2) is 9.18 Å². The van der Waals surface area contributed by atoms with Crippen molar-refractivity contribution in [1.29, 1.82) is 0 Å². The molecule has 0 spiro atoms. The van der Waals surface area contributed by atoms with Crippen molar-refractivity contribution in [3.05, 3.63) is 44.4 Å². The molecule has 0 atom stereocenters. The van der Waals surface area contributed by atoms with Crippen LogP contribution in [0.1, 0.15) is 17.3 Å². The van der Waals surface area contributed by atoms with Crippen LogP contribution >= 0.6 is 15.9 Å². The van der Waals surface area contributed by atoms with E-state index in [9.17, 15) is 14.0 Å². The summed E-state index contributed by atoms with van der Waals surface area (Å²) in [4.78, 5) is 26.3. The van der Waals surface area contributed by atoms with Gasteiger partial charge in [-0.2, -0.15) is 0 Å². The molecule has 0 amide bonds. The van der Waals surface area contributed by atoms with Gasteiger partial charge in [0.1, 0.15) is 11.4 Å². The van der Waals surface area contributed by atoms with Gasteiger partial charge in [-0.1, -0.05) is 0 Å². The van der Waals surface area contributed by atoms with Crippen LogP contribution < -0.4 is 5.43 Å². The van der Waals surface area contributed by atoms with E-state index >= 15 is 0 Å². The van der Waals surface area contributed by atoms with E-state index < -0.39 is 17.2 Å². The van der Waals surface area contributed by atoms with Crippen LogP contribution in [-0.2, 0) is 4.74 Å². The molecule has 4 nitrogen and oxygen atoms in total. The maximum Gasteiger partial charge on any atom is 0.343 e. The average Bonchev–Trinajstić information content (AvgIpc) is 2.34. The maximum atomic E-state index is 13.7. The van der Waals surface area contributed by atoms with Crippen molar-refractivity contribution in [3.8, 4) is 0 Å². The van der Waals surface area contributed by atoms with Crippen LogP contribution in [-0.4, -0.2) is 17.6 Å². The lowest BCUT2D eigenvalue weighted by Gasteiger charge is -2.05. The number of esters is 1. The van der Waals surface area contributed by atoms with E-state index in [1.807, 2.05) is 0 Å². The molecule has 18 heavy (non-hydrogen) atoms. The summed E-state index contributed by atoms with van der Waals surface area (Å²) < 4.78 is 18.9. The first-order chi connectivity index (χ1) is 8.56. The Morgan fingerprint density at radius 3 is 2.89 bits per heavy atom. The second-order valence-corrected chi connectivity index (χ2v) is 4.39. The van der Waals surface area contributed by atoms with Gasteiger partial charge in [0.05, 0.1) is 17.5 Å². The van der Waals surface area contributed by atoms with Gasteiger partial charge in [0.15, 0.2) is 0 Å². The van der Waals surface area contributed by atoms with Gasteiger partial charge in [0, 0.05) is 10.7 Å². The molecule has 0 saturated heterocycles. The zero-order valence-corrected chi connectivity index (χ0v) is 11.0. The molecule has 0 aliphatic carbocycles. The molecule has 94 valence electrons. The minimum Gasteiger partial charge on any atom is -0.462 e. The summed E-state index contributed by atoms with van der Waals surface area (Å²) in [6, 6.07) is 2.65. The van der Waals surface area contributed by atoms with Crippen LogP contribution in [0.2, 0.25) is 0 Å². The fraction of sp³-hybridized carbons (Fsp3) is 0.167. The molecule has 1 aromatic carbocycles. The number of nitrogens with one attached hydrogen (secondary N) is 1. The van der Waals surface area contributed by atoms with Crippen molar-refractivity contribution in [3.63, 3.8) is 0 Å². The predicted octanol–water partition coefficient (Wildman–Crippen LogP) is 2.61. The highest BCUT2D eigenvalue weighted by molar-refractivity contribution is 9.10. The lowest BCUT2D eigenvalue weighted by atomic mass is 10.1. The molecule has 0 aliphatic rings. The Labute approximate surface area is 110 Å². The Morgan fingerprint density at radius 2 is 2.22 bits per heavy atom. The summed E-state index contributed by atoms with van der Waals surface area (Å²) in [7, 11) is 0. The third kappa shape index (κ3) is 2.03. The topological polar surface area (TPSA) is 59.2 Å². The van der Waals surface area contributed by atoms with Gasteiger partial charge in [-0.05, 0) is 35.0 Å². The standard InChI is InChI=1S/C12H9BrFNO3/c1-2-18-12(17)6-5-15-10-7(13)3-4-8(14)9(10)11(6)16/h3-5H,2H2,1H3,(H,15,16). The largest absolute Gasteiger partial charge is 0.462 e. The highest BCUT2D eigenvalue weighted by Gasteiger charge is 2.17. The normalized spacial score (nSPS) is 10.6. The number of carbonyl (C=O) groups is 1. The Kier molecular flexibility index (Phi) is 3.47. The number of H-pyrrole nitrogens is 1. The van der Waals surface area contributed by atoms with Gasteiger partial charge in [-0.3, -0.25) is 4.79 Å². The number of carbonyl (C=O) groups excluding carboxylic acids is 1. The smallest absolute Gasteiger partial charge is 0.343 e. The van der Waals surface area contributed by atoms with E-state index in [4.69, 9.17) is 4.74 Å². The molecular weight excluding hydrogens is 305 g/mol. The molecule has 0 bridgehead atoms. The van der Waals surface area contributed by atoms with Crippen molar-refractivity contribution in [1.82, 2.24) is 4.98 Å². The van der Waals surface area contributed by atoms with E-state index in [1.165, 1.54) is 12.3 Å². The summed E-state index contributed by atoms with van der Waals surface area (Å²) in [5.41, 5.74) is -0.574. The summed E-state index contributed by atoms with van der Waals surface area (Å²) in [6.45, 7) is 1.78. The maximum absolute atomic E-state index is 13.7. The van der Waals surface area contributed by atoms with Gasteiger partial charge in [0.2, 0.25) is 5.43 Å². The summed E-state index contributed by atoms with van der Waals surface area (Å²) in [5.74, 6) is -1.44. The number of halogens is 2. The lowest BCUT2D eigenvalue weighted by molar-refractivity contribution is 0.0524. The summed E-state index contributed by atoms with van der Waals surface area (Å²) >= 11 is 3.20. The number of aromatic nitrogens is 1. The van der Waals surface area contributed by atoms with E-state index in [2.05, 4.69) is 20.9 Å². The number of hydrogen-bond donors (Lipinski definition) is 1. The van der Waals surface area contributed by atoms with E-state index in [0.717, 1.165) is 6.07 Å². The molecular formula is C12H9BrFNO3. The van der Waals surface area contributed by atoms with Crippen molar-refractivity contribution in [2.45, 2.75) is 6.92 Å². The SMILES string of the molecule is CCOC(=O)c1c[nH]c2c(Br)ccc(F)c2c1=O. The summed E-state index contributed by atoms with van der Waals surface area (Å²) in [5, 5.41) is -0.157. The van der Waals surface area contributed by atoms with Crippen molar-refractivity contribution in [2.75, 3.05) is 6.61 Å². The predicted molar refractivity (Wildman–Crippen MR) is 68.2 cm³/mol. The number of hydrogen-bond acceptors (Lipinski definition) is 3. The Bertz CT molecular complexity index is 681. The minimum absolute atomic E-state index is 0.150. The van der Waals surface area contributed by atoms with Crippen molar-refractivity contribution in [2.24, 2.45) is 0 Å². The number of aromatic amines is 1. The van der Waals surface area contributed by atoms with Crippen LogP contribution in [0.4, 0.5) is 4.39 Å². The number of rotatable bonds is 2. The number of benzene rings is 1.